The number of aliphatic imine (C=N–C) groups is 1. The van der Waals surface area contributed by atoms with Gasteiger partial charge in [-0.15, -0.1) is 0 Å². The highest BCUT2D eigenvalue weighted by Crippen LogP contribution is 2.05. The lowest BCUT2D eigenvalue weighted by molar-refractivity contribution is -0.143. The molecule has 0 aromatic carbocycles. The average Bonchev–Trinajstić information content (AvgIpc) is 2.75. The van der Waals surface area contributed by atoms with E-state index in [9.17, 15) is 24.0 Å². The van der Waals surface area contributed by atoms with Gasteiger partial charge < -0.3 is 49.1 Å². The van der Waals surface area contributed by atoms with Gasteiger partial charge in [-0.1, -0.05) is 0 Å². The second kappa shape index (κ2) is 16.5. The smallest absolute Gasteiger partial charge is 0.328 e. The summed E-state index contributed by atoms with van der Waals surface area (Å²) in [7, 11) is 0. The number of carboxylic acid groups (broad SMARTS) is 1. The molecule has 0 aromatic rings. The summed E-state index contributed by atoms with van der Waals surface area (Å²) in [5.74, 6) is -4.33. The quantitative estimate of drug-likeness (QED) is 0.0515. The van der Waals surface area contributed by atoms with Crippen LogP contribution in [-0.4, -0.2) is 95.1 Å². The van der Waals surface area contributed by atoms with Gasteiger partial charge >= 0.3 is 5.97 Å². The van der Waals surface area contributed by atoms with Crippen molar-refractivity contribution in [1.82, 2.24) is 16.0 Å². The zero-order valence-corrected chi connectivity index (χ0v) is 19.7. The number of nitrogens with two attached hydrogens (primary N) is 4. The van der Waals surface area contributed by atoms with Crippen molar-refractivity contribution in [3.8, 4) is 0 Å². The highest BCUT2D eigenvalue weighted by Gasteiger charge is 2.30. The molecule has 0 radical (unpaired) electrons. The molecular formula is C18H34N8O7S. The predicted octanol–water partition coefficient (Wildman–Crippen LogP) is -4.47. The number of carbonyl (C=O) groups excluding carboxylic acids is 4. The highest BCUT2D eigenvalue weighted by molar-refractivity contribution is 7.98. The lowest BCUT2D eigenvalue weighted by Gasteiger charge is -2.24. The van der Waals surface area contributed by atoms with Crippen LogP contribution in [-0.2, 0) is 24.0 Å². The SMILES string of the molecule is CSCCC(NC(=O)C(CCCN=C(N)N)NC(=O)C(N)CC(N)=O)C(=O)NC(CO)C(=O)O. The van der Waals surface area contributed by atoms with Crippen molar-refractivity contribution in [3.05, 3.63) is 0 Å². The largest absolute Gasteiger partial charge is 0.480 e. The van der Waals surface area contributed by atoms with Crippen LogP contribution in [0.5, 0.6) is 0 Å². The molecule has 4 amide bonds. The first-order valence-electron chi connectivity index (χ1n) is 10.3. The van der Waals surface area contributed by atoms with Crippen LogP contribution >= 0.6 is 11.8 Å². The summed E-state index contributed by atoms with van der Waals surface area (Å²) in [4.78, 5) is 63.7. The molecule has 0 saturated heterocycles. The molecule has 0 aliphatic carbocycles. The molecule has 0 spiro atoms. The Morgan fingerprint density at radius 2 is 1.44 bits per heavy atom. The standard InChI is InChI=1S/C18H34N8O7S/c1-34-6-4-11(16(31)26-12(8-27)17(32)33)25-15(30)10(3-2-5-23-18(21)22)24-14(29)9(19)7-13(20)28/h9-12,27H,2-8,19H2,1H3,(H2,20,28)(H,24,29)(H,25,30)(H,26,31)(H,32,33)(H4,21,22,23). The van der Waals surface area contributed by atoms with Gasteiger partial charge in [0.15, 0.2) is 5.96 Å². The van der Waals surface area contributed by atoms with E-state index in [0.29, 0.717) is 5.75 Å². The van der Waals surface area contributed by atoms with Crippen LogP contribution in [0.3, 0.4) is 0 Å². The molecule has 4 unspecified atom stereocenters. The first-order chi connectivity index (χ1) is 15.9. The van der Waals surface area contributed by atoms with Crippen LogP contribution in [0, 0.1) is 0 Å². The molecular weight excluding hydrogens is 472 g/mol. The number of carbonyl (C=O) groups is 5. The number of aliphatic carboxylic acids is 1. The van der Waals surface area contributed by atoms with Crippen LogP contribution in [0.15, 0.2) is 4.99 Å². The van der Waals surface area contributed by atoms with E-state index in [4.69, 9.17) is 33.1 Å². The third kappa shape index (κ3) is 12.8. The number of aliphatic hydroxyl groups excluding tert-OH is 1. The van der Waals surface area contributed by atoms with E-state index < -0.39 is 66.8 Å². The second-order valence-corrected chi connectivity index (χ2v) is 8.20. The molecule has 13 N–H and O–H groups in total. The summed E-state index contributed by atoms with van der Waals surface area (Å²) in [6, 6.07) is -5.16. The molecule has 0 aliphatic heterocycles. The van der Waals surface area contributed by atoms with Crippen molar-refractivity contribution in [2.75, 3.05) is 25.2 Å². The summed E-state index contributed by atoms with van der Waals surface area (Å²) >= 11 is 1.39. The maximum atomic E-state index is 12.9. The van der Waals surface area contributed by atoms with E-state index in [1.54, 1.807) is 6.26 Å². The number of thioether (sulfide) groups is 1. The van der Waals surface area contributed by atoms with Crippen LogP contribution in [0.25, 0.3) is 0 Å². The number of carboxylic acids is 1. The van der Waals surface area contributed by atoms with Gasteiger partial charge in [-0.05, 0) is 31.3 Å². The van der Waals surface area contributed by atoms with Gasteiger partial charge in [0.1, 0.15) is 18.1 Å². The zero-order valence-electron chi connectivity index (χ0n) is 18.9. The number of hydrogen-bond acceptors (Lipinski definition) is 9. The van der Waals surface area contributed by atoms with E-state index >= 15 is 0 Å². The minimum absolute atomic E-state index is 0.0584. The fourth-order valence-electron chi connectivity index (χ4n) is 2.60. The Balaban J connectivity index is 5.49. The van der Waals surface area contributed by atoms with E-state index in [1.165, 1.54) is 11.8 Å². The molecule has 0 saturated carbocycles. The topological polar surface area (TPSA) is 278 Å². The first kappa shape index (κ1) is 30.9. The number of hydrogen-bond donors (Lipinski definition) is 9. The molecule has 0 fully saturated rings. The normalized spacial score (nSPS) is 14.1. The zero-order chi connectivity index (χ0) is 26.3. The van der Waals surface area contributed by atoms with Gasteiger partial charge in [0, 0.05) is 6.54 Å². The van der Waals surface area contributed by atoms with Gasteiger partial charge in [0.2, 0.25) is 23.6 Å². The van der Waals surface area contributed by atoms with Gasteiger partial charge in [-0.25, -0.2) is 4.79 Å². The fourth-order valence-corrected chi connectivity index (χ4v) is 3.07. The monoisotopic (exact) mass is 506 g/mol. The fraction of sp³-hybridized carbons (Fsp3) is 0.667. The molecule has 15 nitrogen and oxygen atoms in total. The van der Waals surface area contributed by atoms with Crippen LogP contribution < -0.4 is 38.9 Å². The highest BCUT2D eigenvalue weighted by atomic mass is 32.2. The Bertz CT molecular complexity index is 748. The third-order valence-electron chi connectivity index (χ3n) is 4.38. The van der Waals surface area contributed by atoms with Gasteiger partial charge in [0.05, 0.1) is 19.1 Å². The van der Waals surface area contributed by atoms with Crippen molar-refractivity contribution < 1.29 is 34.2 Å². The molecule has 16 heteroatoms. The number of primary amides is 1. The Morgan fingerprint density at radius 1 is 0.912 bits per heavy atom. The Hall–Kier alpha value is -3.11. The maximum Gasteiger partial charge on any atom is 0.328 e. The van der Waals surface area contributed by atoms with Gasteiger partial charge in [-0.2, -0.15) is 11.8 Å². The van der Waals surface area contributed by atoms with Crippen LogP contribution in [0.1, 0.15) is 25.7 Å². The number of aliphatic hydroxyl groups is 1. The molecule has 4 atom stereocenters. The number of guanidine groups is 1. The lowest BCUT2D eigenvalue weighted by atomic mass is 10.1. The van der Waals surface area contributed by atoms with Crippen LogP contribution in [0.4, 0.5) is 0 Å². The molecule has 194 valence electrons. The summed E-state index contributed by atoms with van der Waals surface area (Å²) in [5.41, 5.74) is 21.2. The van der Waals surface area contributed by atoms with E-state index in [2.05, 4.69) is 20.9 Å². The summed E-state index contributed by atoms with van der Waals surface area (Å²) in [6.07, 6.45) is 1.81. The van der Waals surface area contributed by atoms with Gasteiger partial charge in [0.25, 0.3) is 0 Å². The number of rotatable bonds is 17. The van der Waals surface area contributed by atoms with Crippen molar-refractivity contribution in [1.29, 1.82) is 0 Å². The van der Waals surface area contributed by atoms with Gasteiger partial charge in [-0.3, -0.25) is 24.2 Å². The number of nitrogens with zero attached hydrogens (tertiary/aromatic N) is 1. The summed E-state index contributed by atoms with van der Waals surface area (Å²) in [6.45, 7) is -0.687. The number of amides is 4. The molecule has 0 aliphatic rings. The molecule has 0 aromatic heterocycles. The van der Waals surface area contributed by atoms with Crippen LogP contribution in [0.2, 0.25) is 0 Å². The third-order valence-corrected chi connectivity index (χ3v) is 5.02. The molecule has 0 rings (SSSR count). The second-order valence-electron chi connectivity index (χ2n) is 7.21. The summed E-state index contributed by atoms with van der Waals surface area (Å²) in [5, 5.41) is 25.2. The summed E-state index contributed by atoms with van der Waals surface area (Å²) < 4.78 is 0. The Morgan fingerprint density at radius 3 is 1.91 bits per heavy atom. The lowest BCUT2D eigenvalue weighted by Crippen LogP contribution is -2.57. The molecule has 0 bridgehead atoms. The van der Waals surface area contributed by atoms with E-state index in [1.807, 2.05) is 0 Å². The minimum atomic E-state index is -1.55. The van der Waals surface area contributed by atoms with Crippen molar-refractivity contribution in [2.24, 2.45) is 27.9 Å². The van der Waals surface area contributed by atoms with Crippen molar-refractivity contribution in [2.45, 2.75) is 49.9 Å². The minimum Gasteiger partial charge on any atom is -0.480 e. The Labute approximate surface area is 200 Å². The Kier molecular flexibility index (Phi) is 15.0. The number of nitrogens with one attached hydrogen (secondary N) is 3. The molecule has 0 heterocycles. The average molecular weight is 507 g/mol. The van der Waals surface area contributed by atoms with E-state index in [-0.39, 0.29) is 31.8 Å². The maximum absolute atomic E-state index is 12.9. The van der Waals surface area contributed by atoms with Crippen molar-refractivity contribution >= 4 is 47.3 Å². The first-order valence-corrected chi connectivity index (χ1v) is 11.6. The predicted molar refractivity (Wildman–Crippen MR) is 125 cm³/mol. The molecule has 34 heavy (non-hydrogen) atoms. The van der Waals surface area contributed by atoms with Crippen molar-refractivity contribution in [3.63, 3.8) is 0 Å². The van der Waals surface area contributed by atoms with E-state index in [0.717, 1.165) is 0 Å².